The van der Waals surface area contributed by atoms with Gasteiger partial charge < -0.3 is 5.11 Å². The van der Waals surface area contributed by atoms with Crippen molar-refractivity contribution in [1.29, 1.82) is 0 Å². The Morgan fingerprint density at radius 1 is 1.20 bits per heavy atom. The summed E-state index contributed by atoms with van der Waals surface area (Å²) >= 11 is 0. The fourth-order valence-electron chi connectivity index (χ4n) is 0.954. The minimum absolute atomic E-state index is 0. The quantitative estimate of drug-likeness (QED) is 0.569. The van der Waals surface area contributed by atoms with Crippen LogP contribution in [-0.4, -0.2) is 53.6 Å². The number of hydrogen-bond donors (Lipinski definition) is 2. The van der Waals surface area contributed by atoms with Crippen molar-refractivity contribution in [3.8, 4) is 0 Å². The van der Waals surface area contributed by atoms with Crippen LogP contribution < -0.4 is 0 Å². The Hall–Kier alpha value is -0.400. The van der Waals surface area contributed by atoms with E-state index in [0.717, 1.165) is 12.1 Å². The Morgan fingerprint density at radius 2 is 1.67 bits per heavy atom. The molecule has 5 nitrogen and oxygen atoms in total. The first-order valence-electron chi connectivity index (χ1n) is 3.68. The van der Waals surface area contributed by atoms with Crippen LogP contribution in [0.4, 0.5) is 0 Å². The monoisotopic (exact) mass is 240 g/mol. The van der Waals surface area contributed by atoms with Crippen molar-refractivity contribution in [3.05, 3.63) is 29.8 Å². The summed E-state index contributed by atoms with van der Waals surface area (Å²) < 4.78 is 29.8. The van der Waals surface area contributed by atoms with E-state index in [1.165, 1.54) is 12.1 Å². The van der Waals surface area contributed by atoms with Gasteiger partial charge in [0.2, 0.25) is 0 Å². The average Bonchev–Trinajstić information content (AvgIpc) is 2.02. The number of carbonyl (C=O) groups is 1. The third-order valence-corrected chi connectivity index (χ3v) is 2.44. The van der Waals surface area contributed by atoms with Gasteiger partial charge in [0.15, 0.2) is 0 Å². The molecular weight excluding hydrogens is 231 g/mol. The van der Waals surface area contributed by atoms with E-state index >= 15 is 0 Å². The second kappa shape index (κ2) is 5.62. The van der Waals surface area contributed by atoms with E-state index in [1.807, 2.05) is 0 Å². The maximum atomic E-state index is 10.6. The molecule has 0 heterocycles. The Morgan fingerprint density at radius 3 is 2.00 bits per heavy atom. The van der Waals surface area contributed by atoms with Crippen LogP contribution in [0.15, 0.2) is 29.2 Å². The van der Waals surface area contributed by atoms with Gasteiger partial charge in [0.1, 0.15) is 0 Å². The molecule has 1 aromatic rings. The standard InChI is InChI=1S/C8H8O5S.Na.H/c9-8(10)5-6-1-3-7(4-2-6)14(11,12)13;;/h1-4H,5H2,(H,9,10)(H,11,12,13);;. The fraction of sp³-hybridized carbons (Fsp3) is 0.125. The molecule has 0 unspecified atom stereocenters. The van der Waals surface area contributed by atoms with Crippen LogP contribution in [0.2, 0.25) is 0 Å². The summed E-state index contributed by atoms with van der Waals surface area (Å²) in [6, 6.07) is 5.01. The summed E-state index contributed by atoms with van der Waals surface area (Å²) in [6.45, 7) is 0. The van der Waals surface area contributed by atoms with Crippen molar-refractivity contribution in [2.24, 2.45) is 0 Å². The van der Waals surface area contributed by atoms with Crippen molar-refractivity contribution >= 4 is 45.6 Å². The van der Waals surface area contributed by atoms with Crippen LogP contribution in [0.3, 0.4) is 0 Å². The maximum absolute atomic E-state index is 10.6. The number of aliphatic carboxylic acids is 1. The topological polar surface area (TPSA) is 91.7 Å². The molecule has 0 spiro atoms. The molecule has 0 saturated heterocycles. The van der Waals surface area contributed by atoms with E-state index in [4.69, 9.17) is 9.66 Å². The Balaban J connectivity index is 0.00000196. The molecule has 0 aromatic heterocycles. The van der Waals surface area contributed by atoms with Crippen molar-refractivity contribution in [3.63, 3.8) is 0 Å². The SMILES string of the molecule is O=C(O)Cc1ccc(S(=O)(=O)O)cc1.[NaH]. The zero-order valence-electron chi connectivity index (χ0n) is 7.04. The molecule has 0 aliphatic carbocycles. The average molecular weight is 240 g/mol. The fourth-order valence-corrected chi connectivity index (χ4v) is 1.43. The van der Waals surface area contributed by atoms with Gasteiger partial charge in [0.05, 0.1) is 11.3 Å². The van der Waals surface area contributed by atoms with E-state index in [9.17, 15) is 13.2 Å². The van der Waals surface area contributed by atoms with Gasteiger partial charge in [-0.2, -0.15) is 8.42 Å². The van der Waals surface area contributed by atoms with Gasteiger partial charge in [0, 0.05) is 0 Å². The van der Waals surface area contributed by atoms with Crippen LogP contribution in [-0.2, 0) is 21.3 Å². The van der Waals surface area contributed by atoms with E-state index in [0.29, 0.717) is 5.56 Å². The first kappa shape index (κ1) is 14.6. The summed E-state index contributed by atoms with van der Waals surface area (Å²) in [4.78, 5) is 10.0. The van der Waals surface area contributed by atoms with Crippen molar-refractivity contribution in [2.45, 2.75) is 11.3 Å². The Labute approximate surface area is 109 Å². The van der Waals surface area contributed by atoms with Crippen molar-refractivity contribution in [2.75, 3.05) is 0 Å². The first-order chi connectivity index (χ1) is 6.39. The molecule has 7 heteroatoms. The van der Waals surface area contributed by atoms with Gasteiger partial charge in [-0.15, -0.1) is 0 Å². The summed E-state index contributed by atoms with van der Waals surface area (Å²) in [7, 11) is -4.20. The second-order valence-electron chi connectivity index (χ2n) is 2.69. The molecule has 0 radical (unpaired) electrons. The zero-order valence-corrected chi connectivity index (χ0v) is 7.86. The number of hydrogen-bond acceptors (Lipinski definition) is 3. The number of rotatable bonds is 3. The Kier molecular flexibility index (Phi) is 5.47. The number of carboxylic acids is 1. The molecule has 0 atom stereocenters. The van der Waals surface area contributed by atoms with Crippen molar-refractivity contribution in [1.82, 2.24) is 0 Å². The van der Waals surface area contributed by atoms with Gasteiger partial charge >= 0.3 is 35.5 Å². The molecule has 0 amide bonds. The van der Waals surface area contributed by atoms with Gasteiger partial charge in [0.25, 0.3) is 10.1 Å². The molecule has 15 heavy (non-hydrogen) atoms. The van der Waals surface area contributed by atoms with Crippen LogP contribution >= 0.6 is 0 Å². The minimum atomic E-state index is -4.20. The predicted octanol–water partition coefficient (Wildman–Crippen LogP) is -0.0881. The summed E-state index contributed by atoms with van der Waals surface area (Å²) in [6.07, 6.45) is -0.175. The molecular formula is C8H9NaO5S. The van der Waals surface area contributed by atoms with Gasteiger partial charge in [-0.1, -0.05) is 12.1 Å². The molecule has 78 valence electrons. The van der Waals surface area contributed by atoms with Crippen LogP contribution in [0.1, 0.15) is 5.56 Å². The summed E-state index contributed by atoms with van der Waals surface area (Å²) in [5.41, 5.74) is 0.477. The molecule has 0 saturated carbocycles. The van der Waals surface area contributed by atoms with Gasteiger partial charge in [-0.3, -0.25) is 9.35 Å². The molecule has 0 bridgehead atoms. The van der Waals surface area contributed by atoms with Gasteiger partial charge in [-0.05, 0) is 17.7 Å². The Bertz CT molecular complexity index is 437. The summed E-state index contributed by atoms with van der Waals surface area (Å²) in [5.74, 6) is -0.996. The molecule has 0 aliphatic rings. The summed E-state index contributed by atoms with van der Waals surface area (Å²) in [5, 5.41) is 8.43. The number of benzene rings is 1. The second-order valence-corrected chi connectivity index (χ2v) is 4.11. The van der Waals surface area contributed by atoms with Crippen LogP contribution in [0.5, 0.6) is 0 Å². The molecule has 1 aromatic carbocycles. The van der Waals surface area contributed by atoms with E-state index < -0.39 is 16.1 Å². The van der Waals surface area contributed by atoms with E-state index in [-0.39, 0.29) is 40.9 Å². The van der Waals surface area contributed by atoms with Crippen LogP contribution in [0, 0.1) is 0 Å². The molecule has 2 N–H and O–H groups in total. The van der Waals surface area contributed by atoms with Gasteiger partial charge in [-0.25, -0.2) is 0 Å². The molecule has 1 rings (SSSR count). The molecule has 0 aliphatic heterocycles. The third kappa shape index (κ3) is 4.76. The van der Waals surface area contributed by atoms with Crippen LogP contribution in [0.25, 0.3) is 0 Å². The van der Waals surface area contributed by atoms with E-state index in [1.54, 1.807) is 0 Å². The normalized spacial score (nSPS) is 10.5. The van der Waals surface area contributed by atoms with E-state index in [2.05, 4.69) is 0 Å². The number of carboxylic acid groups (broad SMARTS) is 1. The van der Waals surface area contributed by atoms with Crippen molar-refractivity contribution < 1.29 is 22.9 Å². The zero-order chi connectivity index (χ0) is 10.8. The third-order valence-electron chi connectivity index (χ3n) is 1.58. The first-order valence-corrected chi connectivity index (χ1v) is 5.12. The molecule has 0 fully saturated rings. The predicted molar refractivity (Wildman–Crippen MR) is 54.7 cm³/mol.